The third-order valence-corrected chi connectivity index (χ3v) is 7.32. The summed E-state index contributed by atoms with van der Waals surface area (Å²) >= 11 is 0. The zero-order valence-corrected chi connectivity index (χ0v) is 19.3. The smallest absolute Gasteiger partial charge is 0.0208 e. The predicted molar refractivity (Wildman–Crippen MR) is 120 cm³/mol. The Hall–Kier alpha value is -0.520. The third kappa shape index (κ3) is 8.01. The van der Waals surface area contributed by atoms with Gasteiger partial charge in [-0.15, -0.1) is 0 Å². The van der Waals surface area contributed by atoms with Crippen LogP contribution >= 0.6 is 0 Å². The molecule has 0 saturated heterocycles. The molecule has 0 bridgehead atoms. The van der Waals surface area contributed by atoms with Crippen molar-refractivity contribution in [2.75, 3.05) is 0 Å². The van der Waals surface area contributed by atoms with Crippen LogP contribution in [0.25, 0.3) is 0 Å². The Kier molecular flexibility index (Phi) is 10.3. The van der Waals surface area contributed by atoms with Gasteiger partial charge in [0.2, 0.25) is 0 Å². The molecule has 2 atom stereocenters. The number of hydrogen-bond acceptors (Lipinski definition) is 0. The second kappa shape index (κ2) is 11.4. The molecule has 0 aromatic carbocycles. The fraction of sp³-hybridized carbons (Fsp3) is 0.846. The van der Waals surface area contributed by atoms with E-state index in [0.717, 1.165) is 23.7 Å². The van der Waals surface area contributed by atoms with Gasteiger partial charge in [-0.25, -0.2) is 0 Å². The van der Waals surface area contributed by atoms with E-state index in [-0.39, 0.29) is 0 Å². The van der Waals surface area contributed by atoms with Gasteiger partial charge in [0.15, 0.2) is 0 Å². The molecule has 0 spiro atoms. The Labute approximate surface area is 165 Å². The first kappa shape index (κ1) is 23.5. The van der Waals surface area contributed by atoms with Crippen molar-refractivity contribution in [1.82, 2.24) is 0 Å². The summed E-state index contributed by atoms with van der Waals surface area (Å²) in [6, 6.07) is 0. The van der Waals surface area contributed by atoms with Gasteiger partial charge in [0.25, 0.3) is 0 Å². The molecule has 152 valence electrons. The minimum Gasteiger partial charge on any atom is -0.0887 e. The Balaban J connectivity index is 2.48. The summed E-state index contributed by atoms with van der Waals surface area (Å²) in [4.78, 5) is 0. The molecule has 0 amide bonds. The van der Waals surface area contributed by atoms with Gasteiger partial charge in [-0.2, -0.15) is 0 Å². The number of rotatable bonds is 12. The van der Waals surface area contributed by atoms with Crippen LogP contribution < -0.4 is 0 Å². The lowest BCUT2D eigenvalue weighted by atomic mass is 9.59. The summed E-state index contributed by atoms with van der Waals surface area (Å²) in [5.74, 6) is 3.29. The van der Waals surface area contributed by atoms with Gasteiger partial charge in [-0.3, -0.25) is 0 Å². The molecule has 0 aliphatic heterocycles. The van der Waals surface area contributed by atoms with E-state index >= 15 is 0 Å². The first-order valence-electron chi connectivity index (χ1n) is 11.5. The molecule has 0 heterocycles. The SMILES string of the molecule is CC=C(C)CCCCC(C)CC=C(CC1CC(C)(CC)C1)C(C)C(C)C. The van der Waals surface area contributed by atoms with Gasteiger partial charge >= 0.3 is 0 Å². The highest BCUT2D eigenvalue weighted by molar-refractivity contribution is 5.10. The quantitative estimate of drug-likeness (QED) is 0.240. The van der Waals surface area contributed by atoms with Crippen LogP contribution in [0.2, 0.25) is 0 Å². The molecular weight excluding hydrogens is 312 g/mol. The molecule has 1 aliphatic carbocycles. The summed E-state index contributed by atoms with van der Waals surface area (Å²) in [5, 5.41) is 0. The summed E-state index contributed by atoms with van der Waals surface area (Å²) in [6.07, 6.45) is 17.2. The fourth-order valence-electron chi connectivity index (χ4n) is 4.50. The van der Waals surface area contributed by atoms with Crippen molar-refractivity contribution >= 4 is 0 Å². The fourth-order valence-corrected chi connectivity index (χ4v) is 4.50. The Morgan fingerprint density at radius 1 is 1.12 bits per heavy atom. The van der Waals surface area contributed by atoms with Crippen molar-refractivity contribution in [2.24, 2.45) is 29.1 Å². The van der Waals surface area contributed by atoms with Crippen LogP contribution in [0.15, 0.2) is 23.3 Å². The first-order chi connectivity index (χ1) is 12.2. The van der Waals surface area contributed by atoms with E-state index in [2.05, 4.69) is 67.5 Å². The molecule has 0 nitrogen and oxygen atoms in total. The summed E-state index contributed by atoms with van der Waals surface area (Å²) in [5.41, 5.74) is 3.96. The van der Waals surface area contributed by atoms with E-state index in [4.69, 9.17) is 0 Å². The summed E-state index contributed by atoms with van der Waals surface area (Å²) < 4.78 is 0. The lowest BCUT2D eigenvalue weighted by Gasteiger charge is -2.46. The molecule has 1 fully saturated rings. The maximum atomic E-state index is 2.65. The summed E-state index contributed by atoms with van der Waals surface area (Å²) in [7, 11) is 0. The molecule has 0 aromatic rings. The molecule has 0 radical (unpaired) electrons. The minimum absolute atomic E-state index is 0.648. The van der Waals surface area contributed by atoms with Crippen molar-refractivity contribution < 1.29 is 0 Å². The van der Waals surface area contributed by atoms with Crippen LogP contribution in [-0.4, -0.2) is 0 Å². The Morgan fingerprint density at radius 3 is 2.31 bits per heavy atom. The van der Waals surface area contributed by atoms with Crippen LogP contribution in [0.4, 0.5) is 0 Å². The van der Waals surface area contributed by atoms with Crippen LogP contribution in [0.1, 0.15) is 113 Å². The molecular formula is C26H48. The Bertz CT molecular complexity index is 445. The average Bonchev–Trinajstić information content (AvgIpc) is 2.59. The van der Waals surface area contributed by atoms with Crippen molar-refractivity contribution in [3.63, 3.8) is 0 Å². The van der Waals surface area contributed by atoms with Gasteiger partial charge < -0.3 is 0 Å². The largest absolute Gasteiger partial charge is 0.0887 e. The lowest BCUT2D eigenvalue weighted by molar-refractivity contribution is 0.0689. The van der Waals surface area contributed by atoms with E-state index in [1.807, 2.05) is 0 Å². The maximum Gasteiger partial charge on any atom is -0.0208 e. The van der Waals surface area contributed by atoms with E-state index in [9.17, 15) is 0 Å². The molecule has 0 heteroatoms. The van der Waals surface area contributed by atoms with Crippen molar-refractivity contribution in [3.8, 4) is 0 Å². The second-order valence-corrected chi connectivity index (χ2v) is 10.2. The van der Waals surface area contributed by atoms with Gasteiger partial charge in [0.05, 0.1) is 0 Å². The zero-order valence-electron chi connectivity index (χ0n) is 19.3. The standard InChI is InChI=1S/C26H48/c1-9-21(5)13-11-12-14-22(6)15-16-25(23(7)20(3)4)17-24-18-26(8,10-2)19-24/h9,16,20,22-24H,10-15,17-19H2,1-8H3. The zero-order chi connectivity index (χ0) is 19.7. The monoisotopic (exact) mass is 360 g/mol. The van der Waals surface area contributed by atoms with E-state index in [0.29, 0.717) is 5.41 Å². The van der Waals surface area contributed by atoms with Crippen LogP contribution in [-0.2, 0) is 0 Å². The topological polar surface area (TPSA) is 0 Å². The molecule has 2 unspecified atom stereocenters. The molecule has 1 rings (SSSR count). The Morgan fingerprint density at radius 2 is 1.77 bits per heavy atom. The van der Waals surface area contributed by atoms with E-state index < -0.39 is 0 Å². The van der Waals surface area contributed by atoms with E-state index in [1.54, 1.807) is 11.1 Å². The van der Waals surface area contributed by atoms with Crippen LogP contribution in [0, 0.1) is 29.1 Å². The van der Waals surface area contributed by atoms with Gasteiger partial charge in [-0.05, 0) is 81.5 Å². The molecule has 0 aromatic heterocycles. The third-order valence-electron chi connectivity index (χ3n) is 7.32. The van der Waals surface area contributed by atoms with Gasteiger partial charge in [-0.1, -0.05) is 84.1 Å². The van der Waals surface area contributed by atoms with Crippen molar-refractivity contribution in [3.05, 3.63) is 23.3 Å². The number of hydrogen-bond donors (Lipinski definition) is 0. The molecule has 0 N–H and O–H groups in total. The van der Waals surface area contributed by atoms with Gasteiger partial charge in [0, 0.05) is 0 Å². The summed E-state index contributed by atoms with van der Waals surface area (Å²) in [6.45, 7) is 19.0. The second-order valence-electron chi connectivity index (χ2n) is 10.2. The average molecular weight is 361 g/mol. The minimum atomic E-state index is 0.648. The van der Waals surface area contributed by atoms with E-state index in [1.165, 1.54) is 57.8 Å². The highest BCUT2D eigenvalue weighted by Crippen LogP contribution is 2.50. The lowest BCUT2D eigenvalue weighted by Crippen LogP contribution is -2.34. The molecule has 26 heavy (non-hydrogen) atoms. The highest BCUT2D eigenvalue weighted by Gasteiger charge is 2.38. The van der Waals surface area contributed by atoms with Crippen molar-refractivity contribution in [1.29, 1.82) is 0 Å². The van der Waals surface area contributed by atoms with Crippen LogP contribution in [0.3, 0.4) is 0 Å². The van der Waals surface area contributed by atoms with Crippen molar-refractivity contribution in [2.45, 2.75) is 113 Å². The highest BCUT2D eigenvalue weighted by atomic mass is 14.4. The molecule has 1 saturated carbocycles. The normalized spacial score (nSPS) is 26.7. The molecule has 1 aliphatic rings. The maximum absolute atomic E-state index is 2.65. The predicted octanol–water partition coefficient (Wildman–Crippen LogP) is 8.97. The number of allylic oxidation sites excluding steroid dienone is 4. The number of unbranched alkanes of at least 4 members (excludes halogenated alkanes) is 1. The van der Waals surface area contributed by atoms with Crippen LogP contribution in [0.5, 0.6) is 0 Å². The first-order valence-corrected chi connectivity index (χ1v) is 11.5. The van der Waals surface area contributed by atoms with Gasteiger partial charge in [0.1, 0.15) is 0 Å².